The van der Waals surface area contributed by atoms with E-state index in [4.69, 9.17) is 0 Å². The van der Waals surface area contributed by atoms with Gasteiger partial charge in [-0.2, -0.15) is 0 Å². The van der Waals surface area contributed by atoms with E-state index in [2.05, 4.69) is 97.3 Å². The molecular weight excluding hydrogens is 458 g/mol. The van der Waals surface area contributed by atoms with Gasteiger partial charge in [-0.3, -0.25) is 0 Å². The predicted octanol–water partition coefficient (Wildman–Crippen LogP) is 8.22. The summed E-state index contributed by atoms with van der Waals surface area (Å²) in [6.45, 7) is 12.5. The summed E-state index contributed by atoms with van der Waals surface area (Å²) in [5.41, 5.74) is 6.47. The molecule has 0 heterocycles. The first kappa shape index (κ1) is 26.0. The highest BCUT2D eigenvalue weighted by molar-refractivity contribution is 6.04. The van der Waals surface area contributed by atoms with Crippen LogP contribution in [-0.4, -0.2) is 31.3 Å². The van der Waals surface area contributed by atoms with E-state index in [-0.39, 0.29) is 11.4 Å². The summed E-state index contributed by atoms with van der Waals surface area (Å²) in [4.78, 5) is 16.1. The smallest absolute Gasteiger partial charge is 0.157 e. The van der Waals surface area contributed by atoms with Gasteiger partial charge in [-0.15, -0.1) is 4.91 Å². The number of phenols is 1. The molecule has 4 aromatic carbocycles. The molecule has 0 aliphatic heterocycles. The molecule has 0 fully saturated rings. The highest BCUT2D eigenvalue weighted by atomic mass is 16.3. The molecule has 0 radical (unpaired) electrons. The van der Waals surface area contributed by atoms with Crippen molar-refractivity contribution in [2.75, 3.05) is 36.0 Å². The second-order valence-corrected chi connectivity index (χ2v) is 8.97. The molecule has 4 aromatic rings. The highest BCUT2D eigenvalue weighted by Gasteiger charge is 2.14. The van der Waals surface area contributed by atoms with Gasteiger partial charge in [0.25, 0.3) is 0 Å². The van der Waals surface area contributed by atoms with Crippen LogP contribution >= 0.6 is 0 Å². The maximum atomic E-state index is 11.5. The van der Waals surface area contributed by atoms with E-state index in [0.717, 1.165) is 53.8 Å². The fraction of sp³-hybridized carbons (Fsp3) is 0.250. The molecule has 5 nitrogen and oxygen atoms in total. The van der Waals surface area contributed by atoms with Crippen molar-refractivity contribution in [1.82, 2.24) is 0 Å². The quantitative estimate of drug-likeness (QED) is 0.179. The van der Waals surface area contributed by atoms with E-state index in [1.54, 1.807) is 6.07 Å². The molecule has 37 heavy (non-hydrogen) atoms. The van der Waals surface area contributed by atoms with Crippen molar-refractivity contribution < 1.29 is 5.11 Å². The lowest BCUT2D eigenvalue weighted by Gasteiger charge is -2.22. The van der Waals surface area contributed by atoms with Gasteiger partial charge in [-0.1, -0.05) is 48.5 Å². The molecular formula is C32H35N3O2. The predicted molar refractivity (Wildman–Crippen MR) is 158 cm³/mol. The topological polar surface area (TPSA) is 56.1 Å². The highest BCUT2D eigenvalue weighted by Crippen LogP contribution is 2.39. The Labute approximate surface area is 219 Å². The van der Waals surface area contributed by atoms with Crippen LogP contribution in [0.2, 0.25) is 0 Å². The van der Waals surface area contributed by atoms with Gasteiger partial charge in [-0.05, 0) is 96.9 Å². The summed E-state index contributed by atoms with van der Waals surface area (Å²) in [7, 11) is 0. The van der Waals surface area contributed by atoms with Crippen molar-refractivity contribution in [3.63, 3.8) is 0 Å². The lowest BCUT2D eigenvalue weighted by molar-refractivity contribution is 0.477. The average molecular weight is 494 g/mol. The molecule has 4 rings (SSSR count). The number of phenolic OH excluding ortho intramolecular Hbond substituents is 1. The van der Waals surface area contributed by atoms with E-state index in [0.29, 0.717) is 5.39 Å². The van der Waals surface area contributed by atoms with E-state index < -0.39 is 0 Å². The molecule has 0 atom stereocenters. The van der Waals surface area contributed by atoms with Crippen LogP contribution in [0, 0.1) is 4.91 Å². The van der Waals surface area contributed by atoms with Crippen molar-refractivity contribution >= 4 is 39.5 Å². The minimum atomic E-state index is -0.118. The number of hydrogen-bond acceptors (Lipinski definition) is 5. The van der Waals surface area contributed by atoms with E-state index in [1.165, 1.54) is 11.4 Å². The van der Waals surface area contributed by atoms with Crippen LogP contribution in [0.4, 0.5) is 17.1 Å². The summed E-state index contributed by atoms with van der Waals surface area (Å²) in [6, 6.07) is 26.5. The summed E-state index contributed by atoms with van der Waals surface area (Å²) < 4.78 is 0. The van der Waals surface area contributed by atoms with Gasteiger partial charge < -0.3 is 14.9 Å². The van der Waals surface area contributed by atoms with E-state index >= 15 is 0 Å². The van der Waals surface area contributed by atoms with Gasteiger partial charge in [0.1, 0.15) is 5.75 Å². The minimum absolute atomic E-state index is 0.0708. The van der Waals surface area contributed by atoms with Crippen LogP contribution in [0.25, 0.3) is 22.4 Å². The first-order valence-corrected chi connectivity index (χ1v) is 13.0. The van der Waals surface area contributed by atoms with Gasteiger partial charge in [-0.25, -0.2) is 0 Å². The molecule has 190 valence electrons. The Balaban J connectivity index is 1.89. The van der Waals surface area contributed by atoms with Gasteiger partial charge >= 0.3 is 0 Å². The molecule has 0 spiro atoms. The second-order valence-electron chi connectivity index (χ2n) is 8.97. The standard InChI is InChI=1S/C32H35N3O2/c1-5-34(6-2)26-17-13-23(14-18-26)30(24-15-19-27(20-16-24)35(7-3)8-4)21-25-22-31(36)32(33-37)29-12-10-9-11-28(25)29/h9-22,36H,5-8H2,1-4H3. The number of rotatable bonds is 10. The third-order valence-electron chi connectivity index (χ3n) is 7.03. The number of aromatic hydroxyl groups is 1. The van der Waals surface area contributed by atoms with Crippen molar-refractivity contribution in [2.45, 2.75) is 27.7 Å². The number of nitrogens with zero attached hydrogens (tertiary/aromatic N) is 3. The van der Waals surface area contributed by atoms with Crippen LogP contribution < -0.4 is 9.80 Å². The van der Waals surface area contributed by atoms with E-state index in [1.807, 2.05) is 24.3 Å². The van der Waals surface area contributed by atoms with Crippen LogP contribution in [0.3, 0.4) is 0 Å². The number of nitroso groups, excluding NO2 is 1. The molecule has 0 amide bonds. The molecule has 0 saturated carbocycles. The second kappa shape index (κ2) is 11.7. The zero-order chi connectivity index (χ0) is 26.4. The van der Waals surface area contributed by atoms with Crippen molar-refractivity contribution in [1.29, 1.82) is 0 Å². The monoisotopic (exact) mass is 493 g/mol. The van der Waals surface area contributed by atoms with Crippen molar-refractivity contribution in [3.8, 4) is 5.75 Å². The number of anilines is 2. The lowest BCUT2D eigenvalue weighted by Crippen LogP contribution is -2.21. The molecule has 0 aromatic heterocycles. The SMILES string of the molecule is CCN(CC)c1ccc(C(=Cc2cc(O)c(N=O)c3ccccc23)c2ccc(N(CC)CC)cc2)cc1. The minimum Gasteiger partial charge on any atom is -0.506 e. The third kappa shape index (κ3) is 5.36. The van der Waals surface area contributed by atoms with Crippen LogP contribution in [0.1, 0.15) is 44.4 Å². The van der Waals surface area contributed by atoms with Crippen LogP contribution in [0.5, 0.6) is 5.75 Å². The summed E-state index contributed by atoms with van der Waals surface area (Å²) >= 11 is 0. The Bertz CT molecular complexity index is 1330. The van der Waals surface area contributed by atoms with E-state index in [9.17, 15) is 10.0 Å². The van der Waals surface area contributed by atoms with Gasteiger partial charge in [0.15, 0.2) is 5.69 Å². The number of benzene rings is 4. The summed E-state index contributed by atoms with van der Waals surface area (Å²) in [5, 5.41) is 15.2. The van der Waals surface area contributed by atoms with Crippen molar-refractivity contribution in [2.24, 2.45) is 5.18 Å². The van der Waals surface area contributed by atoms with Gasteiger partial charge in [0.2, 0.25) is 0 Å². The molecule has 0 unspecified atom stereocenters. The molecule has 5 heteroatoms. The molecule has 0 aliphatic carbocycles. The number of fused-ring (bicyclic) bond motifs is 1. The first-order chi connectivity index (χ1) is 18.0. The summed E-state index contributed by atoms with van der Waals surface area (Å²) in [6.07, 6.45) is 2.09. The fourth-order valence-electron chi connectivity index (χ4n) is 4.96. The van der Waals surface area contributed by atoms with Crippen LogP contribution in [0.15, 0.2) is 84.0 Å². The molecule has 0 saturated heterocycles. The maximum Gasteiger partial charge on any atom is 0.157 e. The Hall–Kier alpha value is -4.12. The lowest BCUT2D eigenvalue weighted by atomic mass is 9.93. The zero-order valence-electron chi connectivity index (χ0n) is 22.1. The average Bonchev–Trinajstić information content (AvgIpc) is 2.94. The van der Waals surface area contributed by atoms with Gasteiger partial charge in [0, 0.05) is 42.9 Å². The Morgan fingerprint density at radius 1 is 0.730 bits per heavy atom. The molecule has 1 N–H and O–H groups in total. The third-order valence-corrected chi connectivity index (χ3v) is 7.03. The first-order valence-electron chi connectivity index (χ1n) is 13.0. The Morgan fingerprint density at radius 2 is 1.19 bits per heavy atom. The molecule has 0 aliphatic rings. The van der Waals surface area contributed by atoms with Gasteiger partial charge in [0.05, 0.1) is 0 Å². The van der Waals surface area contributed by atoms with Crippen LogP contribution in [-0.2, 0) is 0 Å². The molecule has 0 bridgehead atoms. The maximum absolute atomic E-state index is 11.5. The Morgan fingerprint density at radius 3 is 1.62 bits per heavy atom. The fourth-order valence-corrected chi connectivity index (χ4v) is 4.96. The van der Waals surface area contributed by atoms with Crippen molar-refractivity contribution in [3.05, 3.63) is 100 Å². The number of hydrogen-bond donors (Lipinski definition) is 1. The summed E-state index contributed by atoms with van der Waals surface area (Å²) in [5.74, 6) is -0.118. The largest absolute Gasteiger partial charge is 0.506 e. The Kier molecular flexibility index (Phi) is 8.24. The normalized spacial score (nSPS) is 10.8. The zero-order valence-corrected chi connectivity index (χ0v) is 22.1.